The van der Waals surface area contributed by atoms with Crippen LogP contribution in [0.2, 0.25) is 0 Å². The maximum absolute atomic E-state index is 11.7. The van der Waals surface area contributed by atoms with Gasteiger partial charge in [0, 0.05) is 60.1 Å². The Kier molecular flexibility index (Phi) is 10.1. The Morgan fingerprint density at radius 2 is 1.29 bits per heavy atom. The van der Waals surface area contributed by atoms with Crippen LogP contribution in [0.15, 0.2) is 113 Å². The average Bonchev–Trinajstić information content (AvgIpc) is 3.03. The number of aromatic nitrogens is 2. The van der Waals surface area contributed by atoms with E-state index in [-0.39, 0.29) is 39.3 Å². The van der Waals surface area contributed by atoms with E-state index in [1.54, 1.807) is 24.3 Å². The summed E-state index contributed by atoms with van der Waals surface area (Å²) < 4.78 is 71.2. The molecular formula is C34H30N5NaO6S2. The van der Waals surface area contributed by atoms with Gasteiger partial charge in [0.15, 0.2) is 0 Å². The quantitative estimate of drug-likeness (QED) is 0.0752. The second-order valence-electron chi connectivity index (χ2n) is 11.1. The van der Waals surface area contributed by atoms with Crippen molar-refractivity contribution in [3.63, 3.8) is 0 Å². The number of rotatable bonds is 9. The standard InChI is InChI=1S/C34H31N5O6S2.Na/c1-3-38(21-23-4-11-28(12-5-23)46(40,41)42)27-10-17-32-34(20-27)39(26-8-13-29(14-9-26)47(43,44)45)33-19-25(7-16-31(33)37-32)36-24-6-15-30(35)22(2)18-24;/h4-20H,3,21H2,1-2H3,(H4,35,37,40,41,42,43,44,45);/q;+1/p-1. The van der Waals surface area contributed by atoms with Crippen molar-refractivity contribution in [1.29, 1.82) is 0 Å². The fourth-order valence-electron chi connectivity index (χ4n) is 5.44. The van der Waals surface area contributed by atoms with E-state index in [0.29, 0.717) is 35.5 Å². The topological polar surface area (TPSA) is 172 Å². The summed E-state index contributed by atoms with van der Waals surface area (Å²) in [6, 6.07) is 28.8. The molecule has 0 aliphatic heterocycles. The fourth-order valence-corrected chi connectivity index (χ4v) is 6.38. The molecule has 14 heteroatoms. The fraction of sp³-hybridized carbons (Fsp3) is 0.118. The van der Waals surface area contributed by atoms with Crippen molar-refractivity contribution in [2.24, 2.45) is 0 Å². The predicted molar refractivity (Wildman–Crippen MR) is 179 cm³/mol. The van der Waals surface area contributed by atoms with E-state index in [0.717, 1.165) is 39.2 Å². The zero-order valence-electron chi connectivity index (χ0n) is 26.4. The smallest absolute Gasteiger partial charge is 0.744 e. The molecule has 0 aliphatic carbocycles. The molecule has 5 aromatic carbocycles. The van der Waals surface area contributed by atoms with Crippen LogP contribution in [-0.2, 0) is 26.8 Å². The SMILES string of the molecule is CCN(Cc1ccc(S(=O)(=O)[O-])cc1)c1ccc2nc3ccc(Nc4ccc(N)c(C)c4)cc3[n+](-c3ccc(S(=O)(=O)[O-])cc3)c2c1.[Na+]. The summed E-state index contributed by atoms with van der Waals surface area (Å²) in [5.74, 6) is 0. The van der Waals surface area contributed by atoms with E-state index in [2.05, 4.69) is 10.2 Å². The molecule has 0 atom stereocenters. The molecule has 48 heavy (non-hydrogen) atoms. The van der Waals surface area contributed by atoms with Gasteiger partial charge in [0.2, 0.25) is 16.7 Å². The van der Waals surface area contributed by atoms with Crippen LogP contribution in [0.5, 0.6) is 0 Å². The molecule has 0 fully saturated rings. The van der Waals surface area contributed by atoms with Crippen LogP contribution in [0.25, 0.3) is 27.8 Å². The van der Waals surface area contributed by atoms with Gasteiger partial charge in [-0.05, 0) is 91.7 Å². The molecule has 1 heterocycles. The van der Waals surface area contributed by atoms with Crippen molar-refractivity contribution in [2.75, 3.05) is 22.5 Å². The summed E-state index contributed by atoms with van der Waals surface area (Å²) in [5.41, 5.74) is 14.4. The summed E-state index contributed by atoms with van der Waals surface area (Å²) in [6.45, 7) is 4.97. The van der Waals surface area contributed by atoms with Crippen LogP contribution < -0.4 is 50.1 Å². The Balaban J connectivity index is 0.00000451. The summed E-state index contributed by atoms with van der Waals surface area (Å²) in [6.07, 6.45) is 0. The van der Waals surface area contributed by atoms with E-state index in [9.17, 15) is 25.9 Å². The number of hydrogen-bond donors (Lipinski definition) is 2. The second-order valence-corrected chi connectivity index (χ2v) is 13.8. The van der Waals surface area contributed by atoms with Gasteiger partial charge in [-0.15, -0.1) is 4.57 Å². The van der Waals surface area contributed by atoms with Gasteiger partial charge in [0.25, 0.3) is 0 Å². The van der Waals surface area contributed by atoms with E-state index in [1.807, 2.05) is 73.0 Å². The molecule has 0 aliphatic rings. The van der Waals surface area contributed by atoms with E-state index in [1.165, 1.54) is 24.3 Å². The average molecular weight is 692 g/mol. The zero-order chi connectivity index (χ0) is 33.5. The van der Waals surface area contributed by atoms with Crippen LogP contribution in [-0.4, -0.2) is 37.5 Å². The molecule has 0 spiro atoms. The molecular weight excluding hydrogens is 662 g/mol. The first kappa shape index (κ1) is 35.2. The van der Waals surface area contributed by atoms with Gasteiger partial charge < -0.3 is 25.1 Å². The third kappa shape index (κ3) is 7.47. The molecule has 0 saturated carbocycles. The van der Waals surface area contributed by atoms with Crippen LogP contribution in [0.1, 0.15) is 18.1 Å². The molecule has 3 N–H and O–H groups in total. The normalized spacial score (nSPS) is 11.8. The van der Waals surface area contributed by atoms with Crippen molar-refractivity contribution >= 4 is 65.1 Å². The predicted octanol–water partition coefficient (Wildman–Crippen LogP) is 2.14. The molecule has 1 aromatic heterocycles. The first-order chi connectivity index (χ1) is 22.3. The first-order valence-electron chi connectivity index (χ1n) is 14.6. The summed E-state index contributed by atoms with van der Waals surface area (Å²) in [7, 11) is -9.19. The molecule has 240 valence electrons. The van der Waals surface area contributed by atoms with Gasteiger partial charge in [-0.1, -0.05) is 12.1 Å². The van der Waals surface area contributed by atoms with E-state index in [4.69, 9.17) is 10.7 Å². The van der Waals surface area contributed by atoms with Gasteiger partial charge in [-0.25, -0.2) is 21.8 Å². The minimum absolute atomic E-state index is 0. The largest absolute Gasteiger partial charge is 1.00 e. The van der Waals surface area contributed by atoms with Gasteiger partial charge >= 0.3 is 29.6 Å². The summed E-state index contributed by atoms with van der Waals surface area (Å²) >= 11 is 0. The van der Waals surface area contributed by atoms with Crippen molar-refractivity contribution < 1.29 is 60.1 Å². The van der Waals surface area contributed by atoms with Gasteiger partial charge in [0.05, 0.1) is 9.79 Å². The van der Waals surface area contributed by atoms with Crippen LogP contribution in [0.4, 0.5) is 22.7 Å². The number of nitrogens with one attached hydrogen (secondary N) is 1. The summed E-state index contributed by atoms with van der Waals surface area (Å²) in [4.78, 5) is 6.39. The van der Waals surface area contributed by atoms with Crippen LogP contribution in [0.3, 0.4) is 0 Å². The van der Waals surface area contributed by atoms with Crippen LogP contribution in [0, 0.1) is 6.92 Å². The maximum atomic E-state index is 11.7. The minimum atomic E-state index is -4.64. The van der Waals surface area contributed by atoms with Crippen LogP contribution >= 0.6 is 0 Å². The zero-order valence-corrected chi connectivity index (χ0v) is 30.0. The Bertz CT molecular complexity index is 2370. The molecule has 0 unspecified atom stereocenters. The Morgan fingerprint density at radius 3 is 1.88 bits per heavy atom. The third-order valence-corrected chi connectivity index (χ3v) is 9.63. The van der Waals surface area contributed by atoms with Crippen molar-refractivity contribution in [1.82, 2.24) is 4.98 Å². The Hall–Kier alpha value is -4.08. The first-order valence-corrected chi connectivity index (χ1v) is 17.4. The number of anilines is 4. The molecule has 6 aromatic rings. The third-order valence-electron chi connectivity index (χ3n) is 7.93. The summed E-state index contributed by atoms with van der Waals surface area (Å²) in [5, 5.41) is 3.42. The second kappa shape index (κ2) is 13.8. The van der Waals surface area contributed by atoms with E-state index < -0.39 is 20.2 Å². The molecule has 0 saturated heterocycles. The number of nitrogens with two attached hydrogens (primary N) is 1. The minimum Gasteiger partial charge on any atom is -0.744 e. The van der Waals surface area contributed by atoms with Crippen molar-refractivity contribution in [3.05, 3.63) is 114 Å². The number of aryl methyl sites for hydroxylation is 1. The molecule has 0 amide bonds. The van der Waals surface area contributed by atoms with Gasteiger partial charge in [0.1, 0.15) is 31.3 Å². The number of hydrogen-bond acceptors (Lipinski definition) is 10. The molecule has 11 nitrogen and oxygen atoms in total. The Morgan fingerprint density at radius 1 is 0.750 bits per heavy atom. The van der Waals surface area contributed by atoms with Crippen molar-refractivity contribution in [3.8, 4) is 5.69 Å². The Labute approximate surface area is 300 Å². The van der Waals surface area contributed by atoms with E-state index >= 15 is 0 Å². The number of benzene rings is 5. The number of fused-ring (bicyclic) bond motifs is 2. The number of nitrogens with zero attached hydrogens (tertiary/aromatic N) is 3. The van der Waals surface area contributed by atoms with Crippen molar-refractivity contribution in [2.45, 2.75) is 30.2 Å². The van der Waals surface area contributed by atoms with Gasteiger partial charge in [-0.3, -0.25) is 0 Å². The monoisotopic (exact) mass is 691 g/mol. The van der Waals surface area contributed by atoms with Gasteiger partial charge in [-0.2, -0.15) is 0 Å². The molecule has 0 bridgehead atoms. The number of nitrogen functional groups attached to an aromatic ring is 1. The maximum Gasteiger partial charge on any atom is 1.00 e. The molecule has 6 rings (SSSR count). The molecule has 0 radical (unpaired) electrons.